The Bertz CT molecular complexity index is 890. The van der Waals surface area contributed by atoms with Crippen LogP contribution in [0.15, 0.2) is 47.4 Å². The van der Waals surface area contributed by atoms with Crippen LogP contribution in [0, 0.1) is 6.92 Å². The number of aryl methyl sites for hydroxylation is 2. The first kappa shape index (κ1) is 16.7. The highest BCUT2D eigenvalue weighted by molar-refractivity contribution is 7.89. The van der Waals surface area contributed by atoms with E-state index in [4.69, 9.17) is 4.74 Å². The molecule has 3 rings (SSSR count). The molecular weight excluding hydrogens is 326 g/mol. The maximum Gasteiger partial charge on any atom is 0.337 e. The van der Waals surface area contributed by atoms with Crippen LogP contribution in [0.25, 0.3) is 0 Å². The zero-order valence-corrected chi connectivity index (χ0v) is 14.4. The van der Waals surface area contributed by atoms with E-state index in [1.54, 1.807) is 37.3 Å². The predicted molar refractivity (Wildman–Crippen MR) is 90.3 cm³/mol. The molecule has 1 aliphatic carbocycles. The van der Waals surface area contributed by atoms with E-state index in [1.807, 2.05) is 12.1 Å². The van der Waals surface area contributed by atoms with Gasteiger partial charge in [0, 0.05) is 6.04 Å². The molecule has 2 aromatic rings. The van der Waals surface area contributed by atoms with Crippen LogP contribution in [0.1, 0.15) is 39.5 Å². The highest BCUT2D eigenvalue weighted by Crippen LogP contribution is 2.33. The number of nitrogens with one attached hydrogen (secondary N) is 1. The van der Waals surface area contributed by atoms with E-state index in [1.165, 1.54) is 7.11 Å². The lowest BCUT2D eigenvalue weighted by Gasteiger charge is -2.16. The van der Waals surface area contributed by atoms with Gasteiger partial charge in [0.25, 0.3) is 0 Å². The van der Waals surface area contributed by atoms with Crippen molar-refractivity contribution in [1.29, 1.82) is 0 Å². The summed E-state index contributed by atoms with van der Waals surface area (Å²) in [6.45, 7) is 1.77. The fourth-order valence-corrected chi connectivity index (χ4v) is 4.57. The molecule has 126 valence electrons. The fraction of sp³-hybridized carbons (Fsp3) is 0.278. The second kappa shape index (κ2) is 6.37. The standard InChI is InChI=1S/C18H19NO4S/c1-12-5-3-4-6-17(12)24(21,22)19-16-10-9-13-7-8-14(11-15(13)16)18(20)23-2/h3-8,11,16,19H,9-10H2,1-2H3. The van der Waals surface area contributed by atoms with Crippen LogP contribution in [0.5, 0.6) is 0 Å². The van der Waals surface area contributed by atoms with Crippen molar-refractivity contribution in [1.82, 2.24) is 4.72 Å². The number of rotatable bonds is 4. The summed E-state index contributed by atoms with van der Waals surface area (Å²) in [5.41, 5.74) is 3.03. The molecule has 1 N–H and O–H groups in total. The highest BCUT2D eigenvalue weighted by Gasteiger charge is 2.29. The van der Waals surface area contributed by atoms with Crippen molar-refractivity contribution in [2.75, 3.05) is 7.11 Å². The van der Waals surface area contributed by atoms with E-state index in [0.717, 1.165) is 17.5 Å². The third-order valence-corrected chi connectivity index (χ3v) is 5.96. The molecule has 0 bridgehead atoms. The van der Waals surface area contributed by atoms with Crippen LogP contribution in [-0.2, 0) is 21.2 Å². The molecule has 0 aromatic heterocycles. The van der Waals surface area contributed by atoms with E-state index in [9.17, 15) is 13.2 Å². The minimum absolute atomic E-state index is 0.280. The monoisotopic (exact) mass is 345 g/mol. The Kier molecular flexibility index (Phi) is 4.43. The molecule has 0 saturated carbocycles. The van der Waals surface area contributed by atoms with Crippen LogP contribution in [0.3, 0.4) is 0 Å². The van der Waals surface area contributed by atoms with Gasteiger partial charge in [-0.15, -0.1) is 0 Å². The summed E-state index contributed by atoms with van der Waals surface area (Å²) < 4.78 is 32.9. The van der Waals surface area contributed by atoms with Crippen molar-refractivity contribution in [3.63, 3.8) is 0 Å². The average molecular weight is 345 g/mol. The second-order valence-electron chi connectivity index (χ2n) is 5.88. The Morgan fingerprint density at radius 1 is 1.21 bits per heavy atom. The summed E-state index contributed by atoms with van der Waals surface area (Å²) in [7, 11) is -2.29. The van der Waals surface area contributed by atoms with Gasteiger partial charge in [0.2, 0.25) is 10.0 Å². The lowest BCUT2D eigenvalue weighted by Crippen LogP contribution is -2.28. The van der Waals surface area contributed by atoms with E-state index in [2.05, 4.69) is 4.72 Å². The van der Waals surface area contributed by atoms with Gasteiger partial charge in [-0.3, -0.25) is 0 Å². The van der Waals surface area contributed by atoms with Crippen molar-refractivity contribution < 1.29 is 17.9 Å². The Hall–Kier alpha value is -2.18. The number of esters is 1. The maximum absolute atomic E-state index is 12.7. The lowest BCUT2D eigenvalue weighted by molar-refractivity contribution is 0.0600. The molecule has 24 heavy (non-hydrogen) atoms. The lowest BCUT2D eigenvalue weighted by atomic mass is 10.0. The molecule has 0 heterocycles. The molecule has 1 atom stereocenters. The molecule has 1 unspecified atom stereocenters. The molecule has 1 aliphatic rings. The van der Waals surface area contributed by atoms with Crippen molar-refractivity contribution in [3.05, 3.63) is 64.7 Å². The van der Waals surface area contributed by atoms with E-state index in [-0.39, 0.29) is 10.9 Å². The van der Waals surface area contributed by atoms with Gasteiger partial charge in [-0.2, -0.15) is 0 Å². The van der Waals surface area contributed by atoms with Gasteiger partial charge in [0.1, 0.15) is 0 Å². The van der Waals surface area contributed by atoms with Gasteiger partial charge in [-0.1, -0.05) is 24.3 Å². The second-order valence-corrected chi connectivity index (χ2v) is 7.57. The molecule has 5 nitrogen and oxygen atoms in total. The van der Waals surface area contributed by atoms with Gasteiger partial charge in [-0.05, 0) is 54.7 Å². The number of benzene rings is 2. The van der Waals surface area contributed by atoms with Crippen molar-refractivity contribution >= 4 is 16.0 Å². The molecule has 0 radical (unpaired) electrons. The topological polar surface area (TPSA) is 72.5 Å². The Balaban J connectivity index is 1.92. The largest absolute Gasteiger partial charge is 0.465 e. The molecule has 0 spiro atoms. The summed E-state index contributed by atoms with van der Waals surface area (Å²) in [4.78, 5) is 12.0. The molecule has 0 saturated heterocycles. The third kappa shape index (κ3) is 3.07. The van der Waals surface area contributed by atoms with Crippen molar-refractivity contribution in [2.24, 2.45) is 0 Å². The van der Waals surface area contributed by atoms with Gasteiger partial charge < -0.3 is 4.74 Å². The smallest absolute Gasteiger partial charge is 0.337 e. The van der Waals surface area contributed by atoms with Crippen molar-refractivity contribution in [3.8, 4) is 0 Å². The minimum Gasteiger partial charge on any atom is -0.465 e. The molecular formula is C18H19NO4S. The van der Waals surface area contributed by atoms with Crippen LogP contribution >= 0.6 is 0 Å². The summed E-state index contributed by atoms with van der Waals surface area (Å²) in [6.07, 6.45) is 1.45. The quantitative estimate of drug-likeness (QED) is 0.865. The first-order chi connectivity index (χ1) is 11.4. The van der Waals surface area contributed by atoms with Gasteiger partial charge >= 0.3 is 5.97 Å². The summed E-state index contributed by atoms with van der Waals surface area (Å²) >= 11 is 0. The number of ether oxygens (including phenoxy) is 1. The van der Waals surface area contributed by atoms with E-state index < -0.39 is 16.0 Å². The first-order valence-electron chi connectivity index (χ1n) is 7.71. The zero-order chi connectivity index (χ0) is 17.3. The average Bonchev–Trinajstić information content (AvgIpc) is 2.96. The van der Waals surface area contributed by atoms with Gasteiger partial charge in [0.15, 0.2) is 0 Å². The minimum atomic E-state index is -3.62. The number of hydrogen-bond acceptors (Lipinski definition) is 4. The predicted octanol–water partition coefficient (Wildman–Crippen LogP) is 2.75. The van der Waals surface area contributed by atoms with Gasteiger partial charge in [0.05, 0.1) is 17.6 Å². The van der Waals surface area contributed by atoms with Crippen molar-refractivity contribution in [2.45, 2.75) is 30.7 Å². The van der Waals surface area contributed by atoms with Crippen LogP contribution < -0.4 is 4.72 Å². The number of fused-ring (bicyclic) bond motifs is 1. The number of carbonyl (C=O) groups excluding carboxylic acids is 1. The molecule has 0 fully saturated rings. The Morgan fingerprint density at radius 2 is 1.96 bits per heavy atom. The summed E-state index contributed by atoms with van der Waals surface area (Å²) in [6, 6.07) is 11.8. The normalized spacial score (nSPS) is 16.7. The van der Waals surface area contributed by atoms with Gasteiger partial charge in [-0.25, -0.2) is 17.9 Å². The summed E-state index contributed by atoms with van der Waals surface area (Å²) in [5.74, 6) is -0.426. The molecule has 0 aliphatic heterocycles. The molecule has 2 aromatic carbocycles. The highest BCUT2D eigenvalue weighted by atomic mass is 32.2. The van der Waals surface area contributed by atoms with Crippen LogP contribution in [0.4, 0.5) is 0 Å². The van der Waals surface area contributed by atoms with E-state index >= 15 is 0 Å². The Labute approximate surface area is 141 Å². The summed E-state index contributed by atoms with van der Waals surface area (Å²) in [5, 5.41) is 0. The zero-order valence-electron chi connectivity index (χ0n) is 13.6. The number of sulfonamides is 1. The molecule has 6 heteroatoms. The first-order valence-corrected chi connectivity index (χ1v) is 9.20. The van der Waals surface area contributed by atoms with E-state index in [0.29, 0.717) is 17.5 Å². The Morgan fingerprint density at radius 3 is 2.67 bits per heavy atom. The molecule has 0 amide bonds. The third-order valence-electron chi connectivity index (χ3n) is 4.33. The number of methoxy groups -OCH3 is 1. The maximum atomic E-state index is 12.7. The number of carbonyl (C=O) groups is 1. The SMILES string of the molecule is COC(=O)c1ccc2c(c1)C(NS(=O)(=O)c1ccccc1C)CC2. The van der Waals surface area contributed by atoms with Crippen LogP contribution in [0.2, 0.25) is 0 Å². The van der Waals surface area contributed by atoms with Crippen LogP contribution in [-0.4, -0.2) is 21.5 Å². The fourth-order valence-electron chi connectivity index (χ4n) is 3.08. The number of hydrogen-bond donors (Lipinski definition) is 1.